The van der Waals surface area contributed by atoms with Crippen LogP contribution < -0.4 is 10.6 Å². The molecule has 0 saturated carbocycles. The summed E-state index contributed by atoms with van der Waals surface area (Å²) >= 11 is 11.0. The van der Waals surface area contributed by atoms with Gasteiger partial charge < -0.3 is 10.6 Å². The summed E-state index contributed by atoms with van der Waals surface area (Å²) in [5.74, 6) is 0. The quantitative estimate of drug-likeness (QED) is 0.170. The van der Waals surface area contributed by atoms with Crippen molar-refractivity contribution < 1.29 is 0 Å². The van der Waals surface area contributed by atoms with Gasteiger partial charge in [-0.05, 0) is 84.3 Å². The van der Waals surface area contributed by atoms with E-state index in [9.17, 15) is 0 Å². The fraction of sp³-hybridized carbons (Fsp3) is 0.385. The topological polar surface area (TPSA) is 24.1 Å². The Morgan fingerprint density at radius 2 is 1.62 bits per heavy atom. The van der Waals surface area contributed by atoms with Gasteiger partial charge in [-0.1, -0.05) is 56.1 Å². The van der Waals surface area contributed by atoms with Crippen molar-refractivity contribution >= 4 is 74.7 Å². The molecule has 0 saturated heterocycles. The summed E-state index contributed by atoms with van der Waals surface area (Å²) in [6.07, 6.45) is 4.35. The van der Waals surface area contributed by atoms with Gasteiger partial charge in [-0.2, -0.15) is 0 Å². The Balaban J connectivity index is 1.32. The lowest BCUT2D eigenvalue weighted by atomic mass is 10.0. The number of hydrogen-bond donors (Lipinski definition) is 2. The van der Waals surface area contributed by atoms with Crippen molar-refractivity contribution in [3.8, 4) is 0 Å². The third kappa shape index (κ3) is 6.43. The summed E-state index contributed by atoms with van der Waals surface area (Å²) in [5.41, 5.74) is 2.82. The Labute approximate surface area is 216 Å². The average Bonchev–Trinajstić information content (AvgIpc) is 3.43. The molecule has 0 radical (unpaired) electrons. The molecule has 2 aromatic heterocycles. The van der Waals surface area contributed by atoms with E-state index in [0.717, 1.165) is 42.9 Å². The molecule has 2 N–H and O–H groups in total. The largest absolute Gasteiger partial charge is 0.317 e. The number of hydrogen-bond acceptors (Lipinski definition) is 4. The van der Waals surface area contributed by atoms with Gasteiger partial charge in [0.2, 0.25) is 0 Å². The molecule has 2 atom stereocenters. The van der Waals surface area contributed by atoms with Crippen molar-refractivity contribution in [2.75, 3.05) is 24.3 Å². The summed E-state index contributed by atoms with van der Waals surface area (Å²) in [4.78, 5) is 1.46. The molecule has 0 amide bonds. The van der Waals surface area contributed by atoms with E-state index in [1.165, 1.54) is 36.2 Å². The van der Waals surface area contributed by atoms with Crippen LogP contribution in [0, 0.1) is 0 Å². The molecule has 4 aromatic rings. The lowest BCUT2D eigenvalue weighted by molar-refractivity contribution is 0.548. The molecule has 2 aromatic carbocycles. The standard InChI is InChI=1S/C26H30Br2N2S2/c1-29-22(6-9-27)14-19-3-5-26-21(13-19)16-24(32-26)7-10-30-23(17-28)15-18-2-4-25-20(12-18)8-11-31-25/h2-5,8,11-13,16,22-23,29-30H,6-7,9-10,14-15,17H2,1H3. The lowest BCUT2D eigenvalue weighted by Crippen LogP contribution is -2.34. The molecule has 0 aliphatic carbocycles. The van der Waals surface area contributed by atoms with Gasteiger partial charge in [0.1, 0.15) is 0 Å². The van der Waals surface area contributed by atoms with E-state index in [-0.39, 0.29) is 0 Å². The first kappa shape index (κ1) is 24.4. The fourth-order valence-electron chi connectivity index (χ4n) is 4.17. The van der Waals surface area contributed by atoms with E-state index in [0.29, 0.717) is 12.1 Å². The molecule has 2 nitrogen and oxygen atoms in total. The third-order valence-electron chi connectivity index (χ3n) is 5.97. The molecule has 32 heavy (non-hydrogen) atoms. The highest BCUT2D eigenvalue weighted by atomic mass is 79.9. The highest BCUT2D eigenvalue weighted by Crippen LogP contribution is 2.28. The molecule has 4 rings (SSSR count). The Hall–Kier alpha value is -0.760. The van der Waals surface area contributed by atoms with Crippen LogP contribution in [0.3, 0.4) is 0 Å². The summed E-state index contributed by atoms with van der Waals surface area (Å²) in [5, 5.41) is 14.1. The summed E-state index contributed by atoms with van der Waals surface area (Å²) in [7, 11) is 2.06. The maximum absolute atomic E-state index is 3.76. The highest BCUT2D eigenvalue weighted by Gasteiger charge is 2.11. The predicted octanol–water partition coefficient (Wildman–Crippen LogP) is 7.17. The molecule has 2 unspecified atom stereocenters. The van der Waals surface area contributed by atoms with Gasteiger partial charge in [-0.15, -0.1) is 22.7 Å². The van der Waals surface area contributed by atoms with Crippen LogP contribution >= 0.6 is 54.5 Å². The zero-order valence-corrected chi connectivity index (χ0v) is 23.2. The molecular formula is C26H30Br2N2S2. The van der Waals surface area contributed by atoms with E-state index in [4.69, 9.17) is 0 Å². The fourth-order valence-corrected chi connectivity index (χ4v) is 7.00. The minimum Gasteiger partial charge on any atom is -0.317 e. The minimum absolute atomic E-state index is 0.444. The molecular weight excluding hydrogens is 564 g/mol. The lowest BCUT2D eigenvalue weighted by Gasteiger charge is -2.16. The Morgan fingerprint density at radius 3 is 2.38 bits per heavy atom. The van der Waals surface area contributed by atoms with Crippen LogP contribution in [0.15, 0.2) is 53.9 Å². The summed E-state index contributed by atoms with van der Waals surface area (Å²) in [6.45, 7) is 1.00. The average molecular weight is 594 g/mol. The third-order valence-corrected chi connectivity index (χ3v) is 9.28. The summed E-state index contributed by atoms with van der Waals surface area (Å²) in [6, 6.07) is 19.4. The van der Waals surface area contributed by atoms with E-state index in [1.54, 1.807) is 0 Å². The van der Waals surface area contributed by atoms with Gasteiger partial charge >= 0.3 is 0 Å². The second kappa shape index (κ2) is 12.1. The van der Waals surface area contributed by atoms with Gasteiger partial charge in [0, 0.05) is 43.6 Å². The Kier molecular flexibility index (Phi) is 9.21. The van der Waals surface area contributed by atoms with Crippen LogP contribution in [-0.2, 0) is 19.3 Å². The number of benzene rings is 2. The number of rotatable bonds is 12. The van der Waals surface area contributed by atoms with Crippen molar-refractivity contribution in [2.45, 2.75) is 37.8 Å². The second-order valence-electron chi connectivity index (χ2n) is 8.30. The molecule has 0 bridgehead atoms. The van der Waals surface area contributed by atoms with Crippen molar-refractivity contribution in [1.29, 1.82) is 0 Å². The zero-order chi connectivity index (χ0) is 22.3. The maximum atomic E-state index is 3.76. The van der Waals surface area contributed by atoms with E-state index in [2.05, 4.69) is 103 Å². The van der Waals surface area contributed by atoms with Gasteiger partial charge in [-0.25, -0.2) is 0 Å². The van der Waals surface area contributed by atoms with Crippen LogP contribution in [-0.4, -0.2) is 36.3 Å². The number of alkyl halides is 2. The summed E-state index contributed by atoms with van der Waals surface area (Å²) < 4.78 is 2.76. The monoisotopic (exact) mass is 592 g/mol. The first-order chi connectivity index (χ1) is 15.7. The first-order valence-electron chi connectivity index (χ1n) is 11.2. The van der Waals surface area contributed by atoms with Crippen LogP contribution in [0.1, 0.15) is 22.4 Å². The number of thiophene rings is 2. The smallest absolute Gasteiger partial charge is 0.0345 e. The number of likely N-dealkylation sites (N-methyl/N-ethyl adjacent to an activating group) is 1. The van der Waals surface area contributed by atoms with Crippen molar-refractivity contribution in [3.05, 3.63) is 69.9 Å². The molecule has 0 fully saturated rings. The zero-order valence-electron chi connectivity index (χ0n) is 18.4. The number of halogens is 2. The number of nitrogens with one attached hydrogen (secondary N) is 2. The molecule has 2 heterocycles. The van der Waals surface area contributed by atoms with E-state index < -0.39 is 0 Å². The first-order valence-corrected chi connectivity index (χ1v) is 15.1. The van der Waals surface area contributed by atoms with Gasteiger partial charge in [0.15, 0.2) is 0 Å². The minimum atomic E-state index is 0.444. The number of fused-ring (bicyclic) bond motifs is 2. The Morgan fingerprint density at radius 1 is 0.875 bits per heavy atom. The molecule has 0 aliphatic rings. The van der Waals surface area contributed by atoms with Crippen molar-refractivity contribution in [2.24, 2.45) is 0 Å². The maximum Gasteiger partial charge on any atom is 0.0345 e. The van der Waals surface area contributed by atoms with Crippen LogP contribution in [0.4, 0.5) is 0 Å². The molecule has 6 heteroatoms. The Bertz CT molecular complexity index is 1140. The van der Waals surface area contributed by atoms with Gasteiger partial charge in [-0.3, -0.25) is 0 Å². The molecule has 0 aliphatic heterocycles. The van der Waals surface area contributed by atoms with Crippen LogP contribution in [0.5, 0.6) is 0 Å². The van der Waals surface area contributed by atoms with E-state index in [1.807, 2.05) is 22.7 Å². The molecule has 170 valence electrons. The van der Waals surface area contributed by atoms with Crippen LogP contribution in [0.25, 0.3) is 20.2 Å². The van der Waals surface area contributed by atoms with Crippen molar-refractivity contribution in [3.63, 3.8) is 0 Å². The van der Waals surface area contributed by atoms with Gasteiger partial charge in [0.25, 0.3) is 0 Å². The predicted molar refractivity (Wildman–Crippen MR) is 152 cm³/mol. The van der Waals surface area contributed by atoms with E-state index >= 15 is 0 Å². The van der Waals surface area contributed by atoms with Gasteiger partial charge in [0.05, 0.1) is 0 Å². The SMILES string of the molecule is CNC(CCBr)Cc1ccc2sc(CCNC(CBr)Cc3ccc4sccc4c3)cc2c1. The molecule has 0 spiro atoms. The normalized spacial score (nSPS) is 13.7. The van der Waals surface area contributed by atoms with Crippen molar-refractivity contribution in [1.82, 2.24) is 10.6 Å². The van der Waals surface area contributed by atoms with Crippen LogP contribution in [0.2, 0.25) is 0 Å². The second-order valence-corrected chi connectivity index (χ2v) is 11.9. The highest BCUT2D eigenvalue weighted by molar-refractivity contribution is 9.09.